The minimum absolute atomic E-state index is 0.0840. The number of carbonyl (C=O) groups is 1. The van der Waals surface area contributed by atoms with E-state index in [1.54, 1.807) is 18.2 Å². The molecule has 0 aliphatic heterocycles. The minimum Gasteiger partial charge on any atom is -0.392 e. The van der Waals surface area contributed by atoms with Crippen molar-refractivity contribution in [3.05, 3.63) is 71.8 Å². The van der Waals surface area contributed by atoms with Gasteiger partial charge in [-0.05, 0) is 23.3 Å². The molecule has 0 bridgehead atoms. The van der Waals surface area contributed by atoms with Gasteiger partial charge in [0.1, 0.15) is 0 Å². The van der Waals surface area contributed by atoms with Gasteiger partial charge in [0.25, 0.3) is 0 Å². The Balaban J connectivity index is 2.26. The number of carbonyl (C=O) groups excluding carboxylic acids is 1. The number of anilines is 1. The number of hydrogen-bond donors (Lipinski definition) is 2. The van der Waals surface area contributed by atoms with Crippen molar-refractivity contribution < 1.29 is 23.1 Å². The van der Waals surface area contributed by atoms with E-state index in [0.29, 0.717) is 17.3 Å². The first kappa shape index (κ1) is 16.8. The Morgan fingerprint density at radius 3 is 2.39 bits per heavy atom. The summed E-state index contributed by atoms with van der Waals surface area (Å²) in [6.45, 7) is -0.225. The molecular weight excluding hydrogens is 307 g/mol. The number of rotatable bonds is 4. The average Bonchev–Trinajstić information content (AvgIpc) is 2.52. The molecule has 0 unspecified atom stereocenters. The van der Waals surface area contributed by atoms with E-state index in [9.17, 15) is 18.0 Å². The van der Waals surface area contributed by atoms with Crippen LogP contribution in [0.25, 0.3) is 5.57 Å². The number of aliphatic hydroxyl groups excluding tert-OH is 1. The van der Waals surface area contributed by atoms with Crippen LogP contribution in [0.3, 0.4) is 0 Å². The van der Waals surface area contributed by atoms with Crippen molar-refractivity contribution in [3.63, 3.8) is 0 Å². The van der Waals surface area contributed by atoms with Crippen LogP contribution in [-0.4, -0.2) is 17.2 Å². The first-order valence-electron chi connectivity index (χ1n) is 6.75. The Kier molecular flexibility index (Phi) is 5.18. The number of allylic oxidation sites excluding steroid dienone is 1. The van der Waals surface area contributed by atoms with Gasteiger partial charge >= 0.3 is 6.18 Å². The monoisotopic (exact) mass is 321 g/mol. The summed E-state index contributed by atoms with van der Waals surface area (Å²) in [4.78, 5) is 11.9. The Hall–Kier alpha value is -2.60. The van der Waals surface area contributed by atoms with Crippen LogP contribution in [-0.2, 0) is 11.4 Å². The van der Waals surface area contributed by atoms with Crippen LogP contribution in [0.15, 0.2) is 60.7 Å². The second kappa shape index (κ2) is 7.11. The third-order valence-electron chi connectivity index (χ3n) is 3.04. The lowest BCUT2D eigenvalue weighted by Gasteiger charge is -2.12. The van der Waals surface area contributed by atoms with Crippen LogP contribution in [0.5, 0.6) is 0 Å². The Morgan fingerprint density at radius 2 is 1.78 bits per heavy atom. The van der Waals surface area contributed by atoms with Crippen LogP contribution < -0.4 is 5.32 Å². The number of amides is 1. The van der Waals surface area contributed by atoms with Gasteiger partial charge < -0.3 is 10.4 Å². The summed E-state index contributed by atoms with van der Waals surface area (Å²) in [6, 6.07) is 13.4. The molecule has 2 rings (SSSR count). The molecule has 3 nitrogen and oxygen atoms in total. The Bertz CT molecular complexity index is 709. The summed E-state index contributed by atoms with van der Waals surface area (Å²) in [7, 11) is 0. The maximum Gasteiger partial charge on any atom is 0.417 e. The van der Waals surface area contributed by atoms with Crippen LogP contribution >= 0.6 is 0 Å². The van der Waals surface area contributed by atoms with Gasteiger partial charge in [-0.1, -0.05) is 42.5 Å². The highest BCUT2D eigenvalue weighted by atomic mass is 19.4. The molecule has 0 aromatic heterocycles. The topological polar surface area (TPSA) is 49.3 Å². The van der Waals surface area contributed by atoms with E-state index in [1.807, 2.05) is 0 Å². The van der Waals surface area contributed by atoms with E-state index in [-0.39, 0.29) is 12.2 Å². The van der Waals surface area contributed by atoms with E-state index in [2.05, 4.69) is 5.32 Å². The molecule has 0 spiro atoms. The number of aliphatic hydroxyl groups is 1. The van der Waals surface area contributed by atoms with Crippen molar-refractivity contribution in [2.75, 3.05) is 5.32 Å². The van der Waals surface area contributed by atoms with Gasteiger partial charge in [0.2, 0.25) is 5.91 Å². The maximum atomic E-state index is 13.1. The average molecular weight is 321 g/mol. The molecular formula is C17H14F3NO2. The standard InChI is InChI=1S/C17H14F3NO2/c18-17(19,20)15(13-6-2-1-3-7-13)10-16(23)21-14-8-4-5-12(9-14)11-22/h1-10,22H,11H2,(H,21,23)/b15-10-. The molecule has 0 aliphatic carbocycles. The Morgan fingerprint density at radius 1 is 1.09 bits per heavy atom. The van der Waals surface area contributed by atoms with E-state index >= 15 is 0 Å². The van der Waals surface area contributed by atoms with Crippen molar-refractivity contribution in [1.29, 1.82) is 0 Å². The van der Waals surface area contributed by atoms with Gasteiger partial charge in [-0.25, -0.2) is 0 Å². The fraction of sp³-hybridized carbons (Fsp3) is 0.118. The van der Waals surface area contributed by atoms with Crippen molar-refractivity contribution >= 4 is 17.2 Å². The summed E-state index contributed by atoms with van der Waals surface area (Å²) in [6.07, 6.45) is -4.12. The van der Waals surface area contributed by atoms with Crippen molar-refractivity contribution in [3.8, 4) is 0 Å². The lowest BCUT2D eigenvalue weighted by Crippen LogP contribution is -2.16. The number of nitrogens with one attached hydrogen (secondary N) is 1. The summed E-state index contributed by atoms with van der Waals surface area (Å²) >= 11 is 0. The molecule has 23 heavy (non-hydrogen) atoms. The van der Waals surface area contributed by atoms with Gasteiger partial charge in [0, 0.05) is 11.8 Å². The first-order chi connectivity index (χ1) is 10.9. The largest absolute Gasteiger partial charge is 0.417 e. The molecule has 1 amide bonds. The summed E-state index contributed by atoms with van der Waals surface area (Å²) in [5.74, 6) is -0.892. The fourth-order valence-electron chi connectivity index (χ4n) is 2.00. The number of halogens is 3. The van der Waals surface area contributed by atoms with Gasteiger partial charge in [-0.2, -0.15) is 13.2 Å². The van der Waals surface area contributed by atoms with Crippen LogP contribution in [0.4, 0.5) is 18.9 Å². The molecule has 2 N–H and O–H groups in total. The second-order valence-corrected chi connectivity index (χ2v) is 4.77. The fourth-order valence-corrected chi connectivity index (χ4v) is 2.00. The highest BCUT2D eigenvalue weighted by Gasteiger charge is 2.35. The number of hydrogen-bond acceptors (Lipinski definition) is 2. The lowest BCUT2D eigenvalue weighted by atomic mass is 10.1. The second-order valence-electron chi connectivity index (χ2n) is 4.77. The highest BCUT2D eigenvalue weighted by molar-refractivity contribution is 6.04. The molecule has 0 heterocycles. The van der Waals surface area contributed by atoms with Gasteiger partial charge in [0.05, 0.1) is 12.2 Å². The van der Waals surface area contributed by atoms with Crippen molar-refractivity contribution in [2.24, 2.45) is 0 Å². The molecule has 0 saturated carbocycles. The van der Waals surface area contributed by atoms with Gasteiger partial charge in [-0.15, -0.1) is 0 Å². The summed E-state index contributed by atoms with van der Waals surface area (Å²) < 4.78 is 39.4. The highest BCUT2D eigenvalue weighted by Crippen LogP contribution is 2.33. The predicted molar refractivity (Wildman–Crippen MR) is 81.5 cm³/mol. The third kappa shape index (κ3) is 4.69. The number of benzene rings is 2. The van der Waals surface area contributed by atoms with E-state index < -0.39 is 17.7 Å². The Labute approximate surface area is 131 Å². The zero-order valence-corrected chi connectivity index (χ0v) is 12.0. The number of alkyl halides is 3. The molecule has 0 saturated heterocycles. The van der Waals surface area contributed by atoms with Crippen LogP contribution in [0.2, 0.25) is 0 Å². The molecule has 0 atom stereocenters. The zero-order chi connectivity index (χ0) is 16.9. The first-order valence-corrected chi connectivity index (χ1v) is 6.75. The van der Waals surface area contributed by atoms with Gasteiger partial charge in [0.15, 0.2) is 0 Å². The predicted octanol–water partition coefficient (Wildman–Crippen LogP) is 3.76. The zero-order valence-electron chi connectivity index (χ0n) is 12.0. The molecule has 0 fully saturated rings. The molecule has 0 radical (unpaired) electrons. The summed E-state index contributed by atoms with van der Waals surface area (Å²) in [5, 5.41) is 11.4. The van der Waals surface area contributed by atoms with Gasteiger partial charge in [-0.3, -0.25) is 4.79 Å². The smallest absolute Gasteiger partial charge is 0.392 e. The molecule has 0 aliphatic rings. The van der Waals surface area contributed by atoms with Crippen molar-refractivity contribution in [2.45, 2.75) is 12.8 Å². The lowest BCUT2D eigenvalue weighted by molar-refractivity contribution is -0.112. The van der Waals surface area contributed by atoms with Crippen LogP contribution in [0.1, 0.15) is 11.1 Å². The molecule has 2 aromatic rings. The normalized spacial score (nSPS) is 12.1. The summed E-state index contributed by atoms with van der Waals surface area (Å²) in [5.41, 5.74) is -0.244. The van der Waals surface area contributed by atoms with E-state index in [0.717, 1.165) is 0 Å². The minimum atomic E-state index is -4.65. The molecule has 120 valence electrons. The van der Waals surface area contributed by atoms with Crippen LogP contribution in [0, 0.1) is 0 Å². The molecule has 2 aromatic carbocycles. The third-order valence-corrected chi connectivity index (χ3v) is 3.04. The van der Waals surface area contributed by atoms with E-state index in [4.69, 9.17) is 5.11 Å². The molecule has 6 heteroatoms. The quantitative estimate of drug-likeness (QED) is 0.842. The SMILES string of the molecule is O=C(/C=C(/c1ccccc1)C(F)(F)F)Nc1cccc(CO)c1. The van der Waals surface area contributed by atoms with Crippen molar-refractivity contribution in [1.82, 2.24) is 0 Å². The maximum absolute atomic E-state index is 13.1. The van der Waals surface area contributed by atoms with E-state index in [1.165, 1.54) is 36.4 Å².